The lowest BCUT2D eigenvalue weighted by Crippen LogP contribution is -2.31. The van der Waals surface area contributed by atoms with Crippen molar-refractivity contribution in [2.45, 2.75) is 72.0 Å². The zero-order chi connectivity index (χ0) is 33.8. The second kappa shape index (κ2) is 21.2. The van der Waals surface area contributed by atoms with E-state index in [1.807, 2.05) is 51.1 Å². The van der Waals surface area contributed by atoms with E-state index in [2.05, 4.69) is 25.0 Å². The average Bonchev–Trinajstić information content (AvgIpc) is 3.00. The monoisotopic (exact) mass is 645 g/mol. The Kier molecular flexibility index (Phi) is 18.6. The minimum absolute atomic E-state index is 0.000608. The molecule has 0 aromatic heterocycles. The van der Waals surface area contributed by atoms with Gasteiger partial charge in [0.05, 0.1) is 23.6 Å². The third-order valence-corrected chi connectivity index (χ3v) is 7.07. The van der Waals surface area contributed by atoms with Crippen molar-refractivity contribution in [3.8, 4) is 5.75 Å². The summed E-state index contributed by atoms with van der Waals surface area (Å²) in [5.41, 5.74) is 2.39. The summed E-state index contributed by atoms with van der Waals surface area (Å²) in [6.45, 7) is 17.4. The Balaban J connectivity index is 0.00000191. The topological polar surface area (TPSA) is 49.8 Å². The summed E-state index contributed by atoms with van der Waals surface area (Å²) < 4.78 is 46.5. The van der Waals surface area contributed by atoms with E-state index in [1.54, 1.807) is 36.4 Å². The van der Waals surface area contributed by atoms with Gasteiger partial charge in [0, 0.05) is 25.6 Å². The molecule has 0 amide bonds. The van der Waals surface area contributed by atoms with Gasteiger partial charge in [-0.2, -0.15) is 13.2 Å². The first-order valence-corrected chi connectivity index (χ1v) is 15.7. The molecule has 246 valence electrons. The third kappa shape index (κ3) is 14.4. The molecule has 0 aliphatic rings. The number of carboxylic acid groups (broad SMARTS) is 1. The zero-order valence-corrected chi connectivity index (χ0v) is 27.6. The molecule has 1 N–H and O–H groups in total. The van der Waals surface area contributed by atoms with E-state index in [1.165, 1.54) is 6.07 Å². The highest BCUT2D eigenvalue weighted by Crippen LogP contribution is 2.37. The quantitative estimate of drug-likeness (QED) is 0.132. The molecule has 3 aromatic carbocycles. The van der Waals surface area contributed by atoms with E-state index >= 15 is 0 Å². The average molecular weight is 646 g/mol. The molecule has 4 nitrogen and oxygen atoms in total. The Bertz CT molecular complexity index is 1310. The lowest BCUT2D eigenvalue weighted by atomic mass is 9.89. The minimum Gasteiger partial charge on any atom is -0.494 e. The molecule has 0 heterocycles. The van der Waals surface area contributed by atoms with E-state index < -0.39 is 17.7 Å². The van der Waals surface area contributed by atoms with E-state index in [0.29, 0.717) is 43.0 Å². The van der Waals surface area contributed by atoms with Crippen LogP contribution in [0.5, 0.6) is 5.75 Å². The normalized spacial score (nSPS) is 11.4. The summed E-state index contributed by atoms with van der Waals surface area (Å²) in [5.74, 6) is -0.345. The second-order valence-corrected chi connectivity index (χ2v) is 10.6. The van der Waals surface area contributed by atoms with Crippen molar-refractivity contribution >= 4 is 17.6 Å². The number of carbonyl (C=O) groups is 1. The van der Waals surface area contributed by atoms with Gasteiger partial charge in [0.1, 0.15) is 5.75 Å². The number of benzene rings is 3. The predicted octanol–water partition coefficient (Wildman–Crippen LogP) is 10.6. The molecule has 1 unspecified atom stereocenters. The number of ether oxygens (including phenoxy) is 1. The highest BCUT2D eigenvalue weighted by molar-refractivity contribution is 6.32. The first-order valence-electron chi connectivity index (χ1n) is 15.3. The Morgan fingerprint density at radius 2 is 1.71 bits per heavy atom. The Morgan fingerprint density at radius 3 is 2.31 bits per heavy atom. The first-order chi connectivity index (χ1) is 21.5. The highest BCUT2D eigenvalue weighted by atomic mass is 35.5. The number of nitrogens with zero attached hydrogens (tertiary/aromatic N) is 1. The molecule has 0 fully saturated rings. The van der Waals surface area contributed by atoms with Gasteiger partial charge in [-0.15, -0.1) is 6.58 Å². The van der Waals surface area contributed by atoms with Crippen LogP contribution < -0.4 is 4.74 Å². The van der Waals surface area contributed by atoms with E-state index in [-0.39, 0.29) is 23.9 Å². The van der Waals surface area contributed by atoms with Crippen molar-refractivity contribution in [1.29, 1.82) is 0 Å². The van der Waals surface area contributed by atoms with Crippen LogP contribution >= 0.6 is 11.6 Å². The maximum Gasteiger partial charge on any atom is 0.417 e. The summed E-state index contributed by atoms with van der Waals surface area (Å²) >= 11 is 6.26. The van der Waals surface area contributed by atoms with Gasteiger partial charge in [0.25, 0.3) is 0 Å². The molecular weight excluding hydrogens is 599 g/mol. The van der Waals surface area contributed by atoms with Crippen molar-refractivity contribution in [2.24, 2.45) is 0 Å². The Labute approximate surface area is 272 Å². The van der Waals surface area contributed by atoms with Crippen molar-refractivity contribution in [3.63, 3.8) is 0 Å². The largest absolute Gasteiger partial charge is 0.494 e. The molecule has 45 heavy (non-hydrogen) atoms. The minimum atomic E-state index is -4.54. The highest BCUT2D eigenvalue weighted by Gasteiger charge is 2.34. The van der Waals surface area contributed by atoms with Crippen molar-refractivity contribution in [3.05, 3.63) is 125 Å². The van der Waals surface area contributed by atoms with E-state index in [0.717, 1.165) is 30.0 Å². The summed E-state index contributed by atoms with van der Waals surface area (Å²) in [5, 5.41) is 8.76. The number of rotatable bonds is 15. The maximum atomic E-state index is 13.5. The first kappa shape index (κ1) is 39.5. The standard InChI is InChI=1S/C32H35ClF3NO3.C3H6.C2H6/c1-3-10-23(2)28(25-12-5-4-6-13-25)22-37(21-26-14-8-16-29(31(26)33)32(34,35)36)17-9-18-40-27-15-7-11-24(19-27)20-30(38)39;1-3-2;1-2/h4-8,11-16,19,28H,2-3,9-10,17-18,20-22H2,1H3,(H,38,39);3H,1H2,2H3;1-2H3. The van der Waals surface area contributed by atoms with Gasteiger partial charge in [-0.25, -0.2) is 0 Å². The molecule has 3 rings (SSSR count). The summed E-state index contributed by atoms with van der Waals surface area (Å²) in [4.78, 5) is 13.1. The van der Waals surface area contributed by atoms with Gasteiger partial charge in [-0.3, -0.25) is 9.69 Å². The zero-order valence-electron chi connectivity index (χ0n) is 26.9. The van der Waals surface area contributed by atoms with Gasteiger partial charge in [-0.1, -0.05) is 112 Å². The summed E-state index contributed by atoms with van der Waals surface area (Å²) in [6, 6.07) is 21.0. The number of carboxylic acids is 1. The van der Waals surface area contributed by atoms with Crippen LogP contribution in [0.3, 0.4) is 0 Å². The van der Waals surface area contributed by atoms with Crippen LogP contribution in [0.1, 0.15) is 75.1 Å². The maximum absolute atomic E-state index is 13.5. The smallest absolute Gasteiger partial charge is 0.417 e. The molecule has 1 atom stereocenters. The Morgan fingerprint density at radius 1 is 1.07 bits per heavy atom. The molecule has 3 aromatic rings. The van der Waals surface area contributed by atoms with Crippen LogP contribution in [0.2, 0.25) is 5.02 Å². The molecule has 0 aliphatic heterocycles. The fraction of sp³-hybridized carbons (Fsp3) is 0.378. The molecule has 0 spiro atoms. The van der Waals surface area contributed by atoms with Crippen LogP contribution in [0, 0.1) is 0 Å². The van der Waals surface area contributed by atoms with Gasteiger partial charge >= 0.3 is 12.1 Å². The fourth-order valence-corrected chi connectivity index (χ4v) is 5.00. The number of aliphatic carboxylic acids is 1. The second-order valence-electron chi connectivity index (χ2n) is 10.2. The van der Waals surface area contributed by atoms with Crippen molar-refractivity contribution in [1.82, 2.24) is 4.90 Å². The summed E-state index contributed by atoms with van der Waals surface area (Å²) in [6.07, 6.45) is -0.500. The molecule has 0 aliphatic carbocycles. The molecule has 8 heteroatoms. The SMILES string of the molecule is C=C(CCC)C(CN(CCCOc1cccc(CC(=O)O)c1)Cc1cccc(C(F)(F)F)c1Cl)c1ccccc1.C=CC.CC. The fourth-order valence-electron chi connectivity index (χ4n) is 4.70. The van der Waals surface area contributed by atoms with Crippen molar-refractivity contribution in [2.75, 3.05) is 19.7 Å². The van der Waals surface area contributed by atoms with Crippen LogP contribution in [0.15, 0.2) is 97.6 Å². The molecule has 0 saturated heterocycles. The number of allylic oxidation sites excluding steroid dienone is 1. The predicted molar refractivity (Wildman–Crippen MR) is 180 cm³/mol. The number of hydrogen-bond acceptors (Lipinski definition) is 3. The van der Waals surface area contributed by atoms with E-state index in [4.69, 9.17) is 21.4 Å². The lowest BCUT2D eigenvalue weighted by Gasteiger charge is -2.30. The van der Waals surface area contributed by atoms with Crippen molar-refractivity contribution < 1.29 is 27.8 Å². The van der Waals surface area contributed by atoms with Crippen LogP contribution in [-0.2, 0) is 23.9 Å². The number of alkyl halides is 3. The molecular formula is C37H47ClF3NO3. The molecule has 0 saturated carbocycles. The van der Waals surface area contributed by atoms with Gasteiger partial charge in [0.2, 0.25) is 0 Å². The van der Waals surface area contributed by atoms with Crippen LogP contribution in [-0.4, -0.2) is 35.7 Å². The number of hydrogen-bond donors (Lipinski definition) is 1. The van der Waals surface area contributed by atoms with E-state index in [9.17, 15) is 18.0 Å². The van der Waals surface area contributed by atoms with Crippen LogP contribution in [0.25, 0.3) is 0 Å². The van der Waals surface area contributed by atoms with Crippen LogP contribution in [0.4, 0.5) is 13.2 Å². The van der Waals surface area contributed by atoms with Gasteiger partial charge < -0.3 is 9.84 Å². The molecule has 0 radical (unpaired) electrons. The van der Waals surface area contributed by atoms with Gasteiger partial charge in [-0.05, 0) is 54.7 Å². The molecule has 0 bridgehead atoms. The van der Waals surface area contributed by atoms with Gasteiger partial charge in [0.15, 0.2) is 0 Å². The summed E-state index contributed by atoms with van der Waals surface area (Å²) in [7, 11) is 0. The third-order valence-electron chi connectivity index (χ3n) is 6.63. The number of halogens is 4. The Hall–Kier alpha value is -3.55. The lowest BCUT2D eigenvalue weighted by molar-refractivity contribution is -0.138.